The van der Waals surface area contributed by atoms with Gasteiger partial charge < -0.3 is 4.42 Å². The van der Waals surface area contributed by atoms with Crippen molar-refractivity contribution in [2.24, 2.45) is 0 Å². The number of para-hydroxylation sites is 1. The monoisotopic (exact) mass is 319 g/mol. The van der Waals surface area contributed by atoms with Crippen molar-refractivity contribution in [2.75, 3.05) is 13.1 Å². The number of hydrogen-bond donors (Lipinski definition) is 0. The van der Waals surface area contributed by atoms with Gasteiger partial charge in [0, 0.05) is 17.8 Å². The van der Waals surface area contributed by atoms with Crippen molar-refractivity contribution in [3.63, 3.8) is 0 Å². The molecule has 120 valence electrons. The van der Waals surface area contributed by atoms with Crippen molar-refractivity contribution in [1.82, 2.24) is 4.90 Å². The maximum absolute atomic E-state index is 5.97. The molecule has 0 amide bonds. The Morgan fingerprint density at radius 3 is 2.64 bits per heavy atom. The Bertz CT molecular complexity index is 566. The zero-order valence-electron chi connectivity index (χ0n) is 13.5. The number of benzene rings is 1. The molecule has 1 atom stereocenters. The number of furan rings is 1. The topological polar surface area (TPSA) is 16.4 Å². The van der Waals surface area contributed by atoms with Gasteiger partial charge in [-0.25, -0.2) is 0 Å². The standard InChI is InChI=1S/C19H25NO.ClH/c1-4-9-17(20(12-5-2)13-6-3)15-18-14-16-10-7-8-11-19(16)21-18;/h2,7-8,10-11,14,17H,4,6,9,12-13,15H2,1,3H3;1H/t17-;/m0./s1. The highest BCUT2D eigenvalue weighted by Gasteiger charge is 2.18. The number of rotatable bonds is 8. The Morgan fingerprint density at radius 2 is 2.00 bits per heavy atom. The second-order valence-electron chi connectivity index (χ2n) is 5.57. The molecule has 0 radical (unpaired) electrons. The Balaban J connectivity index is 0.00000242. The average molecular weight is 320 g/mol. The number of fused-ring (bicyclic) bond motifs is 1. The molecule has 0 N–H and O–H groups in total. The molecule has 0 spiro atoms. The quantitative estimate of drug-likeness (QED) is 0.643. The van der Waals surface area contributed by atoms with Gasteiger partial charge in [0.2, 0.25) is 0 Å². The summed E-state index contributed by atoms with van der Waals surface area (Å²) < 4.78 is 5.97. The molecule has 0 saturated carbocycles. The zero-order valence-corrected chi connectivity index (χ0v) is 14.4. The highest BCUT2D eigenvalue weighted by Crippen LogP contribution is 2.22. The van der Waals surface area contributed by atoms with E-state index in [2.05, 4.69) is 36.8 Å². The van der Waals surface area contributed by atoms with E-state index in [1.54, 1.807) is 0 Å². The smallest absolute Gasteiger partial charge is 0.134 e. The molecule has 0 unspecified atom stereocenters. The van der Waals surface area contributed by atoms with Crippen LogP contribution in [0, 0.1) is 12.3 Å². The van der Waals surface area contributed by atoms with Gasteiger partial charge in [-0.1, -0.05) is 44.4 Å². The molecule has 0 bridgehead atoms. The third-order valence-corrected chi connectivity index (χ3v) is 3.86. The van der Waals surface area contributed by atoms with Crippen molar-refractivity contribution in [3.05, 3.63) is 36.1 Å². The molecular weight excluding hydrogens is 294 g/mol. The number of terminal acetylenes is 1. The molecule has 0 aliphatic heterocycles. The molecule has 22 heavy (non-hydrogen) atoms. The van der Waals surface area contributed by atoms with E-state index in [1.807, 2.05) is 18.2 Å². The molecule has 0 fully saturated rings. The van der Waals surface area contributed by atoms with Gasteiger partial charge in [-0.2, -0.15) is 0 Å². The predicted molar refractivity (Wildman–Crippen MR) is 96.6 cm³/mol. The van der Waals surface area contributed by atoms with Crippen LogP contribution in [0.4, 0.5) is 0 Å². The number of halogens is 1. The first-order valence-corrected chi connectivity index (χ1v) is 7.93. The van der Waals surface area contributed by atoms with E-state index >= 15 is 0 Å². The van der Waals surface area contributed by atoms with Crippen LogP contribution in [0.1, 0.15) is 38.9 Å². The summed E-state index contributed by atoms with van der Waals surface area (Å²) in [6.45, 7) is 6.20. The molecule has 2 aromatic rings. The lowest BCUT2D eigenvalue weighted by molar-refractivity contribution is 0.200. The minimum atomic E-state index is 0. The van der Waals surface area contributed by atoms with Crippen LogP contribution in [0.25, 0.3) is 11.0 Å². The first kappa shape index (κ1) is 18.6. The van der Waals surface area contributed by atoms with Crippen LogP contribution in [0.15, 0.2) is 34.7 Å². The van der Waals surface area contributed by atoms with Crippen molar-refractivity contribution in [2.45, 2.75) is 45.6 Å². The Hall–Kier alpha value is -1.43. The van der Waals surface area contributed by atoms with Crippen LogP contribution in [0.5, 0.6) is 0 Å². The Morgan fingerprint density at radius 1 is 1.23 bits per heavy atom. The Labute approximate surface area is 140 Å². The minimum Gasteiger partial charge on any atom is -0.461 e. The second-order valence-corrected chi connectivity index (χ2v) is 5.57. The lowest BCUT2D eigenvalue weighted by Crippen LogP contribution is -2.37. The van der Waals surface area contributed by atoms with Crippen molar-refractivity contribution >= 4 is 23.4 Å². The summed E-state index contributed by atoms with van der Waals surface area (Å²) in [5.74, 6) is 3.86. The average Bonchev–Trinajstić information content (AvgIpc) is 2.89. The molecule has 2 rings (SSSR count). The Kier molecular flexibility index (Phi) is 8.09. The first-order chi connectivity index (χ1) is 10.3. The van der Waals surface area contributed by atoms with Gasteiger partial charge >= 0.3 is 0 Å². The summed E-state index contributed by atoms with van der Waals surface area (Å²) in [7, 11) is 0. The van der Waals surface area contributed by atoms with E-state index in [0.717, 1.165) is 50.1 Å². The molecule has 0 aliphatic rings. The van der Waals surface area contributed by atoms with Crippen LogP contribution in [0.2, 0.25) is 0 Å². The van der Waals surface area contributed by atoms with E-state index in [9.17, 15) is 0 Å². The van der Waals surface area contributed by atoms with E-state index in [4.69, 9.17) is 10.8 Å². The van der Waals surface area contributed by atoms with Gasteiger partial charge in [0.05, 0.1) is 6.54 Å². The fourth-order valence-electron chi connectivity index (χ4n) is 2.91. The van der Waals surface area contributed by atoms with E-state index in [1.165, 1.54) is 5.39 Å². The van der Waals surface area contributed by atoms with Crippen LogP contribution in [0.3, 0.4) is 0 Å². The summed E-state index contributed by atoms with van der Waals surface area (Å²) in [5.41, 5.74) is 0.974. The third-order valence-electron chi connectivity index (χ3n) is 3.86. The van der Waals surface area contributed by atoms with Crippen LogP contribution < -0.4 is 0 Å². The maximum Gasteiger partial charge on any atom is 0.134 e. The molecule has 1 aromatic carbocycles. The summed E-state index contributed by atoms with van der Waals surface area (Å²) in [6, 6.07) is 10.8. The number of hydrogen-bond acceptors (Lipinski definition) is 2. The lowest BCUT2D eigenvalue weighted by atomic mass is 10.0. The van der Waals surface area contributed by atoms with Crippen LogP contribution >= 0.6 is 12.4 Å². The third kappa shape index (κ3) is 4.80. The predicted octanol–water partition coefficient (Wildman–Crippen LogP) is 4.91. The lowest BCUT2D eigenvalue weighted by Gasteiger charge is -2.29. The molecule has 0 saturated heterocycles. The van der Waals surface area contributed by atoms with Crippen LogP contribution in [-0.4, -0.2) is 24.0 Å². The molecule has 0 aliphatic carbocycles. The van der Waals surface area contributed by atoms with Gasteiger partial charge in [0.25, 0.3) is 0 Å². The SMILES string of the molecule is C#CCN(CCC)[C@@H](CCC)Cc1cc2ccccc2o1.Cl. The molecule has 2 nitrogen and oxygen atoms in total. The first-order valence-electron chi connectivity index (χ1n) is 7.93. The van der Waals surface area contributed by atoms with E-state index in [-0.39, 0.29) is 12.4 Å². The minimum absolute atomic E-state index is 0. The highest BCUT2D eigenvalue weighted by molar-refractivity contribution is 5.85. The normalized spacial score (nSPS) is 12.1. The zero-order chi connectivity index (χ0) is 15.1. The van der Waals surface area contributed by atoms with Crippen molar-refractivity contribution in [3.8, 4) is 12.3 Å². The summed E-state index contributed by atoms with van der Waals surface area (Å²) in [6.07, 6.45) is 9.91. The maximum atomic E-state index is 5.97. The fourth-order valence-corrected chi connectivity index (χ4v) is 2.91. The molecule has 1 heterocycles. The van der Waals surface area contributed by atoms with Gasteiger partial charge in [-0.15, -0.1) is 18.8 Å². The van der Waals surface area contributed by atoms with E-state index < -0.39 is 0 Å². The summed E-state index contributed by atoms with van der Waals surface area (Å²) in [5, 5.41) is 1.18. The van der Waals surface area contributed by atoms with Gasteiger partial charge in [-0.3, -0.25) is 4.90 Å². The van der Waals surface area contributed by atoms with Gasteiger partial charge in [0.15, 0.2) is 0 Å². The number of nitrogens with zero attached hydrogens (tertiary/aromatic N) is 1. The van der Waals surface area contributed by atoms with Crippen molar-refractivity contribution in [1.29, 1.82) is 0 Å². The fraction of sp³-hybridized carbons (Fsp3) is 0.474. The highest BCUT2D eigenvalue weighted by atomic mass is 35.5. The van der Waals surface area contributed by atoms with E-state index in [0.29, 0.717) is 6.04 Å². The van der Waals surface area contributed by atoms with Gasteiger partial charge in [0.1, 0.15) is 11.3 Å². The van der Waals surface area contributed by atoms with Crippen LogP contribution in [-0.2, 0) is 6.42 Å². The van der Waals surface area contributed by atoms with Gasteiger partial charge in [-0.05, 0) is 31.5 Å². The van der Waals surface area contributed by atoms with Crippen molar-refractivity contribution < 1.29 is 4.42 Å². The second kappa shape index (κ2) is 9.56. The molecule has 1 aromatic heterocycles. The largest absolute Gasteiger partial charge is 0.461 e. The summed E-state index contributed by atoms with van der Waals surface area (Å²) >= 11 is 0. The summed E-state index contributed by atoms with van der Waals surface area (Å²) in [4.78, 5) is 2.41. The molecule has 3 heteroatoms. The molecular formula is C19H26ClNO.